The van der Waals surface area contributed by atoms with E-state index < -0.39 is 0 Å². The third kappa shape index (κ3) is 4.18. The number of nitrogens with one attached hydrogen (secondary N) is 1. The van der Waals surface area contributed by atoms with E-state index >= 15 is 0 Å². The Morgan fingerprint density at radius 3 is 3.00 bits per heavy atom. The molecule has 1 heterocycles. The van der Waals surface area contributed by atoms with Gasteiger partial charge in [-0.1, -0.05) is 27.5 Å². The monoisotopic (exact) mass is 290 g/mol. The lowest BCUT2D eigenvalue weighted by Crippen LogP contribution is -2.24. The summed E-state index contributed by atoms with van der Waals surface area (Å²) in [5.74, 6) is -0.142. The van der Waals surface area contributed by atoms with Crippen molar-refractivity contribution in [3.05, 3.63) is 29.0 Å². The molecule has 0 aliphatic rings. The number of pyridine rings is 1. The van der Waals surface area contributed by atoms with Gasteiger partial charge in [-0.3, -0.25) is 9.78 Å². The van der Waals surface area contributed by atoms with Crippen LogP contribution in [0.5, 0.6) is 0 Å². The number of alkyl halides is 1. The van der Waals surface area contributed by atoms with Crippen LogP contribution in [0.2, 0.25) is 5.02 Å². The Morgan fingerprint density at radius 2 is 2.33 bits per heavy atom. The van der Waals surface area contributed by atoms with Crippen LogP contribution in [-0.2, 0) is 0 Å². The number of hydrogen-bond donors (Lipinski definition) is 1. The Hall–Kier alpha value is -0.610. The van der Waals surface area contributed by atoms with Crippen LogP contribution in [0.15, 0.2) is 18.5 Å². The number of nitrogens with zero attached hydrogens (tertiary/aromatic N) is 1. The van der Waals surface area contributed by atoms with Crippen LogP contribution < -0.4 is 5.32 Å². The molecule has 0 atom stereocenters. The zero-order valence-corrected chi connectivity index (χ0v) is 10.5. The van der Waals surface area contributed by atoms with E-state index in [-0.39, 0.29) is 5.91 Å². The molecule has 0 saturated heterocycles. The molecule has 0 radical (unpaired) electrons. The summed E-state index contributed by atoms with van der Waals surface area (Å²) in [6.45, 7) is 0.670. The SMILES string of the molecule is O=C(NCCCCBr)c1ccncc1Cl. The van der Waals surface area contributed by atoms with Crippen molar-refractivity contribution in [2.24, 2.45) is 0 Å². The summed E-state index contributed by atoms with van der Waals surface area (Å²) in [5, 5.41) is 4.14. The van der Waals surface area contributed by atoms with Gasteiger partial charge in [0.1, 0.15) is 0 Å². The van der Waals surface area contributed by atoms with Gasteiger partial charge >= 0.3 is 0 Å². The Balaban J connectivity index is 2.44. The molecular formula is C10H12BrClN2O. The van der Waals surface area contributed by atoms with Crippen molar-refractivity contribution in [1.29, 1.82) is 0 Å². The van der Waals surface area contributed by atoms with Gasteiger partial charge < -0.3 is 5.32 Å². The summed E-state index contributed by atoms with van der Waals surface area (Å²) in [4.78, 5) is 15.4. The average molecular weight is 292 g/mol. The van der Waals surface area contributed by atoms with Gasteiger partial charge in [-0.2, -0.15) is 0 Å². The Morgan fingerprint density at radius 1 is 1.53 bits per heavy atom. The van der Waals surface area contributed by atoms with Crippen LogP contribution in [0.3, 0.4) is 0 Å². The second-order valence-corrected chi connectivity index (χ2v) is 4.21. The van der Waals surface area contributed by atoms with E-state index in [4.69, 9.17) is 11.6 Å². The highest BCUT2D eigenvalue weighted by Gasteiger charge is 2.08. The number of carbonyl (C=O) groups is 1. The number of hydrogen-bond acceptors (Lipinski definition) is 2. The molecule has 0 spiro atoms. The second kappa shape index (κ2) is 6.80. The van der Waals surface area contributed by atoms with E-state index in [1.807, 2.05) is 0 Å². The fraction of sp³-hybridized carbons (Fsp3) is 0.400. The van der Waals surface area contributed by atoms with Gasteiger partial charge in [-0.25, -0.2) is 0 Å². The lowest BCUT2D eigenvalue weighted by molar-refractivity contribution is 0.0953. The van der Waals surface area contributed by atoms with Crippen molar-refractivity contribution in [1.82, 2.24) is 10.3 Å². The predicted octanol–water partition coefficient (Wildman–Crippen LogP) is 2.64. The molecule has 0 aliphatic carbocycles. The molecule has 15 heavy (non-hydrogen) atoms. The Kier molecular flexibility index (Phi) is 5.65. The fourth-order valence-electron chi connectivity index (χ4n) is 1.08. The number of aromatic nitrogens is 1. The zero-order valence-electron chi connectivity index (χ0n) is 8.17. The first-order valence-electron chi connectivity index (χ1n) is 4.69. The summed E-state index contributed by atoms with van der Waals surface area (Å²) in [6.07, 6.45) is 5.03. The summed E-state index contributed by atoms with van der Waals surface area (Å²) in [5.41, 5.74) is 0.477. The van der Waals surface area contributed by atoms with Gasteiger partial charge in [0.15, 0.2) is 0 Å². The molecule has 0 fully saturated rings. The maximum atomic E-state index is 11.6. The molecule has 1 amide bonds. The third-order valence-corrected chi connectivity index (χ3v) is 2.72. The van der Waals surface area contributed by atoms with Crippen LogP contribution in [0.1, 0.15) is 23.2 Å². The van der Waals surface area contributed by atoms with Crippen LogP contribution in [0.4, 0.5) is 0 Å². The average Bonchev–Trinajstić information content (AvgIpc) is 2.25. The number of unbranched alkanes of at least 4 members (excludes halogenated alkanes) is 1. The summed E-state index contributed by atoms with van der Waals surface area (Å²) in [7, 11) is 0. The molecule has 1 aromatic rings. The second-order valence-electron chi connectivity index (χ2n) is 3.01. The minimum atomic E-state index is -0.142. The van der Waals surface area contributed by atoms with Gasteiger partial charge in [0.05, 0.1) is 10.6 Å². The number of amides is 1. The highest BCUT2D eigenvalue weighted by atomic mass is 79.9. The van der Waals surface area contributed by atoms with Crippen LogP contribution in [0, 0.1) is 0 Å². The summed E-state index contributed by atoms with van der Waals surface area (Å²) in [6, 6.07) is 1.61. The maximum absolute atomic E-state index is 11.6. The lowest BCUT2D eigenvalue weighted by atomic mass is 10.2. The predicted molar refractivity (Wildman–Crippen MR) is 64.6 cm³/mol. The van der Waals surface area contributed by atoms with Crippen LogP contribution in [-0.4, -0.2) is 22.8 Å². The molecule has 82 valence electrons. The highest BCUT2D eigenvalue weighted by molar-refractivity contribution is 9.09. The lowest BCUT2D eigenvalue weighted by Gasteiger charge is -2.05. The quantitative estimate of drug-likeness (QED) is 0.669. The number of halogens is 2. The zero-order chi connectivity index (χ0) is 11.1. The van der Waals surface area contributed by atoms with Crippen molar-refractivity contribution in [3.8, 4) is 0 Å². The molecule has 1 aromatic heterocycles. The number of rotatable bonds is 5. The molecule has 5 heteroatoms. The smallest absolute Gasteiger partial charge is 0.252 e. The van der Waals surface area contributed by atoms with Crippen molar-refractivity contribution in [3.63, 3.8) is 0 Å². The van der Waals surface area contributed by atoms with E-state index in [0.717, 1.165) is 18.2 Å². The molecule has 0 aliphatic heterocycles. The maximum Gasteiger partial charge on any atom is 0.252 e. The van der Waals surface area contributed by atoms with Crippen molar-refractivity contribution >= 4 is 33.4 Å². The van der Waals surface area contributed by atoms with Crippen molar-refractivity contribution in [2.75, 3.05) is 11.9 Å². The minimum Gasteiger partial charge on any atom is -0.352 e. The molecule has 1 N–H and O–H groups in total. The molecule has 3 nitrogen and oxygen atoms in total. The molecule has 0 bridgehead atoms. The van der Waals surface area contributed by atoms with Gasteiger partial charge in [0.2, 0.25) is 0 Å². The Labute approximate surface area is 102 Å². The van der Waals surface area contributed by atoms with Gasteiger partial charge in [0, 0.05) is 24.3 Å². The largest absolute Gasteiger partial charge is 0.352 e. The van der Waals surface area contributed by atoms with E-state index in [1.54, 1.807) is 12.3 Å². The highest BCUT2D eigenvalue weighted by Crippen LogP contribution is 2.12. The minimum absolute atomic E-state index is 0.142. The standard InChI is InChI=1S/C10H12BrClN2O/c11-4-1-2-5-14-10(15)8-3-6-13-7-9(8)12/h3,6-7H,1-2,4-5H2,(H,14,15). The van der Waals surface area contributed by atoms with Crippen LogP contribution in [0.25, 0.3) is 0 Å². The molecular weight excluding hydrogens is 279 g/mol. The van der Waals surface area contributed by atoms with E-state index in [0.29, 0.717) is 17.1 Å². The molecule has 1 rings (SSSR count). The van der Waals surface area contributed by atoms with Crippen molar-refractivity contribution < 1.29 is 4.79 Å². The Bertz CT molecular complexity index is 333. The first-order chi connectivity index (χ1) is 7.25. The van der Waals surface area contributed by atoms with E-state index in [9.17, 15) is 4.79 Å². The van der Waals surface area contributed by atoms with E-state index in [2.05, 4.69) is 26.2 Å². The first-order valence-corrected chi connectivity index (χ1v) is 6.19. The first kappa shape index (κ1) is 12.5. The molecule has 0 unspecified atom stereocenters. The van der Waals surface area contributed by atoms with Crippen molar-refractivity contribution in [2.45, 2.75) is 12.8 Å². The number of carbonyl (C=O) groups excluding carboxylic acids is 1. The topological polar surface area (TPSA) is 42.0 Å². The van der Waals surface area contributed by atoms with Gasteiger partial charge in [-0.05, 0) is 18.9 Å². The van der Waals surface area contributed by atoms with Crippen LogP contribution >= 0.6 is 27.5 Å². The summed E-state index contributed by atoms with van der Waals surface area (Å²) < 4.78 is 0. The molecule has 0 saturated carbocycles. The third-order valence-electron chi connectivity index (χ3n) is 1.86. The van der Waals surface area contributed by atoms with Gasteiger partial charge in [-0.15, -0.1) is 0 Å². The summed E-state index contributed by atoms with van der Waals surface area (Å²) >= 11 is 9.16. The van der Waals surface area contributed by atoms with E-state index in [1.165, 1.54) is 6.20 Å². The van der Waals surface area contributed by atoms with Gasteiger partial charge in [0.25, 0.3) is 5.91 Å². The normalized spacial score (nSPS) is 10.0. The molecule has 0 aromatic carbocycles. The fourth-order valence-corrected chi connectivity index (χ4v) is 1.68.